The first kappa shape index (κ1) is 18.5. The second-order valence-electron chi connectivity index (χ2n) is 6.09. The van der Waals surface area contributed by atoms with Gasteiger partial charge in [0.15, 0.2) is 0 Å². The summed E-state index contributed by atoms with van der Waals surface area (Å²) in [7, 11) is 0. The number of amides is 3. The van der Waals surface area contributed by atoms with Crippen LogP contribution in [0.1, 0.15) is 28.3 Å². The maximum atomic E-state index is 13.5. The molecule has 0 aliphatic carbocycles. The lowest BCUT2D eigenvalue weighted by atomic mass is 9.89. The molecule has 2 aromatic carbocycles. The molecule has 6 nitrogen and oxygen atoms in total. The standard InChI is InChI=1S/C19H17F2N3O3/c20-12-3-1-11(2-4-12)18(26)22-7-8-23-19(27)15-10-17(25)24-16-6-5-13(21)9-14(15)16/h1-6,9,15H,7-8,10H2,(H,22,26)(H,23,27)(H,24,25)/t15-/m0/s1. The van der Waals surface area contributed by atoms with Crippen LogP contribution >= 0.6 is 0 Å². The topological polar surface area (TPSA) is 87.3 Å². The number of hydrogen-bond donors (Lipinski definition) is 3. The van der Waals surface area contributed by atoms with Crippen molar-refractivity contribution in [2.24, 2.45) is 0 Å². The summed E-state index contributed by atoms with van der Waals surface area (Å²) < 4.78 is 26.3. The smallest absolute Gasteiger partial charge is 0.251 e. The van der Waals surface area contributed by atoms with Crippen molar-refractivity contribution in [1.82, 2.24) is 10.6 Å². The molecule has 3 amide bonds. The number of halogens is 2. The van der Waals surface area contributed by atoms with Crippen molar-refractivity contribution in [2.45, 2.75) is 12.3 Å². The van der Waals surface area contributed by atoms with Gasteiger partial charge >= 0.3 is 0 Å². The lowest BCUT2D eigenvalue weighted by Gasteiger charge is -2.24. The van der Waals surface area contributed by atoms with Crippen LogP contribution in [0.25, 0.3) is 0 Å². The number of fused-ring (bicyclic) bond motifs is 1. The largest absolute Gasteiger partial charge is 0.354 e. The molecular weight excluding hydrogens is 356 g/mol. The summed E-state index contributed by atoms with van der Waals surface area (Å²) in [5, 5.41) is 7.84. The first-order valence-corrected chi connectivity index (χ1v) is 8.35. The van der Waals surface area contributed by atoms with Gasteiger partial charge < -0.3 is 16.0 Å². The number of carbonyl (C=O) groups excluding carboxylic acids is 3. The SMILES string of the molecule is O=C1C[C@H](C(=O)NCCNC(=O)c2ccc(F)cc2)c2cc(F)ccc2N1. The average Bonchev–Trinajstić information content (AvgIpc) is 2.65. The summed E-state index contributed by atoms with van der Waals surface area (Å²) in [5.74, 6) is -2.86. The quantitative estimate of drug-likeness (QED) is 0.700. The molecule has 0 saturated heterocycles. The Bertz CT molecular complexity index is 884. The van der Waals surface area contributed by atoms with E-state index in [1.807, 2.05) is 0 Å². The number of anilines is 1. The zero-order valence-corrected chi connectivity index (χ0v) is 14.2. The average molecular weight is 373 g/mol. The molecule has 8 heteroatoms. The Morgan fingerprint density at radius 1 is 1.00 bits per heavy atom. The highest BCUT2D eigenvalue weighted by molar-refractivity contribution is 6.01. The van der Waals surface area contributed by atoms with Gasteiger partial charge in [0.2, 0.25) is 11.8 Å². The molecule has 0 unspecified atom stereocenters. The van der Waals surface area contributed by atoms with Crippen molar-refractivity contribution in [1.29, 1.82) is 0 Å². The van der Waals surface area contributed by atoms with Gasteiger partial charge in [-0.1, -0.05) is 0 Å². The van der Waals surface area contributed by atoms with E-state index in [9.17, 15) is 23.2 Å². The molecule has 1 aliphatic heterocycles. The molecule has 1 heterocycles. The van der Waals surface area contributed by atoms with Crippen LogP contribution in [0.5, 0.6) is 0 Å². The van der Waals surface area contributed by atoms with Crippen molar-refractivity contribution in [3.05, 3.63) is 65.2 Å². The van der Waals surface area contributed by atoms with Gasteiger partial charge in [0.25, 0.3) is 5.91 Å². The fourth-order valence-electron chi connectivity index (χ4n) is 2.85. The van der Waals surface area contributed by atoms with E-state index in [-0.39, 0.29) is 25.4 Å². The zero-order valence-electron chi connectivity index (χ0n) is 14.2. The van der Waals surface area contributed by atoms with E-state index in [1.54, 1.807) is 0 Å². The summed E-state index contributed by atoms with van der Waals surface area (Å²) in [6, 6.07) is 8.94. The van der Waals surface area contributed by atoms with Crippen LogP contribution in [0.15, 0.2) is 42.5 Å². The van der Waals surface area contributed by atoms with Crippen molar-refractivity contribution < 1.29 is 23.2 Å². The summed E-state index contributed by atoms with van der Waals surface area (Å²) >= 11 is 0. The molecule has 0 bridgehead atoms. The Morgan fingerprint density at radius 3 is 2.41 bits per heavy atom. The Kier molecular flexibility index (Phi) is 5.44. The van der Waals surface area contributed by atoms with Gasteiger partial charge in [-0.3, -0.25) is 14.4 Å². The molecule has 0 saturated carbocycles. The molecule has 2 aromatic rings. The minimum Gasteiger partial charge on any atom is -0.354 e. The van der Waals surface area contributed by atoms with E-state index in [2.05, 4.69) is 16.0 Å². The Morgan fingerprint density at radius 2 is 1.67 bits per heavy atom. The molecular formula is C19H17F2N3O3. The summed E-state index contributed by atoms with van der Waals surface area (Å²) in [6.45, 7) is 0.283. The van der Waals surface area contributed by atoms with Crippen LogP contribution in [-0.4, -0.2) is 30.8 Å². The predicted molar refractivity (Wildman–Crippen MR) is 94.1 cm³/mol. The van der Waals surface area contributed by atoms with Crippen LogP contribution in [-0.2, 0) is 9.59 Å². The van der Waals surface area contributed by atoms with Crippen LogP contribution in [0.2, 0.25) is 0 Å². The lowest BCUT2D eigenvalue weighted by molar-refractivity contribution is -0.126. The number of rotatable bonds is 5. The third-order valence-corrected chi connectivity index (χ3v) is 4.19. The van der Waals surface area contributed by atoms with Crippen molar-refractivity contribution in [2.75, 3.05) is 18.4 Å². The Balaban J connectivity index is 1.54. The fourth-order valence-corrected chi connectivity index (χ4v) is 2.85. The maximum Gasteiger partial charge on any atom is 0.251 e. The van der Waals surface area contributed by atoms with Gasteiger partial charge in [-0.15, -0.1) is 0 Å². The second kappa shape index (κ2) is 7.94. The van der Waals surface area contributed by atoms with Crippen LogP contribution in [0, 0.1) is 11.6 Å². The molecule has 0 spiro atoms. The van der Waals surface area contributed by atoms with Crippen LogP contribution < -0.4 is 16.0 Å². The third kappa shape index (κ3) is 4.46. The van der Waals surface area contributed by atoms with Crippen LogP contribution in [0.4, 0.5) is 14.5 Å². The van der Waals surface area contributed by atoms with E-state index in [0.29, 0.717) is 16.8 Å². The number of carbonyl (C=O) groups is 3. The third-order valence-electron chi connectivity index (χ3n) is 4.19. The molecule has 3 rings (SSSR count). The zero-order chi connectivity index (χ0) is 19.4. The normalized spacial score (nSPS) is 15.5. The highest BCUT2D eigenvalue weighted by Crippen LogP contribution is 2.32. The molecule has 0 aromatic heterocycles. The molecule has 1 atom stereocenters. The summed E-state index contributed by atoms with van der Waals surface area (Å²) in [5.41, 5.74) is 1.14. The van der Waals surface area contributed by atoms with Gasteiger partial charge in [0.1, 0.15) is 11.6 Å². The van der Waals surface area contributed by atoms with Crippen molar-refractivity contribution >= 4 is 23.4 Å². The number of nitrogens with one attached hydrogen (secondary N) is 3. The molecule has 140 valence electrons. The lowest BCUT2D eigenvalue weighted by Crippen LogP contribution is -2.39. The predicted octanol–water partition coefficient (Wildman–Crippen LogP) is 1.94. The van der Waals surface area contributed by atoms with Gasteiger partial charge in [0, 0.05) is 30.8 Å². The van der Waals surface area contributed by atoms with Gasteiger partial charge in [-0.05, 0) is 48.0 Å². The Labute approximate surface area is 154 Å². The first-order valence-electron chi connectivity index (χ1n) is 8.35. The van der Waals surface area contributed by atoms with Crippen LogP contribution in [0.3, 0.4) is 0 Å². The van der Waals surface area contributed by atoms with Gasteiger partial charge in [-0.25, -0.2) is 8.78 Å². The minimum absolute atomic E-state index is 0.0791. The fraction of sp³-hybridized carbons (Fsp3) is 0.211. The molecule has 3 N–H and O–H groups in total. The van der Waals surface area contributed by atoms with E-state index in [0.717, 1.165) is 0 Å². The molecule has 1 aliphatic rings. The monoisotopic (exact) mass is 373 g/mol. The molecule has 27 heavy (non-hydrogen) atoms. The van der Waals surface area contributed by atoms with E-state index in [1.165, 1.54) is 42.5 Å². The summed E-state index contributed by atoms with van der Waals surface area (Å²) in [6.07, 6.45) is -0.0791. The number of benzene rings is 2. The second-order valence-corrected chi connectivity index (χ2v) is 6.09. The van der Waals surface area contributed by atoms with E-state index >= 15 is 0 Å². The highest BCUT2D eigenvalue weighted by Gasteiger charge is 2.30. The van der Waals surface area contributed by atoms with Crippen molar-refractivity contribution in [3.8, 4) is 0 Å². The van der Waals surface area contributed by atoms with Crippen molar-refractivity contribution in [3.63, 3.8) is 0 Å². The van der Waals surface area contributed by atoms with Gasteiger partial charge in [-0.2, -0.15) is 0 Å². The summed E-state index contributed by atoms with van der Waals surface area (Å²) in [4.78, 5) is 36.1. The highest BCUT2D eigenvalue weighted by atomic mass is 19.1. The molecule has 0 fully saturated rings. The minimum atomic E-state index is -0.794. The maximum absolute atomic E-state index is 13.5. The number of hydrogen-bond acceptors (Lipinski definition) is 3. The van der Waals surface area contributed by atoms with E-state index < -0.39 is 29.4 Å². The first-order chi connectivity index (χ1) is 12.9. The molecule has 0 radical (unpaired) electrons. The Hall–Kier alpha value is -3.29. The van der Waals surface area contributed by atoms with E-state index in [4.69, 9.17) is 0 Å². The van der Waals surface area contributed by atoms with Gasteiger partial charge in [0.05, 0.1) is 5.92 Å².